The van der Waals surface area contributed by atoms with Gasteiger partial charge in [-0.1, -0.05) is 0 Å². The molecule has 0 spiro atoms. The molecule has 0 aromatic heterocycles. The Hall–Kier alpha value is -1.37. The van der Waals surface area contributed by atoms with E-state index in [4.69, 9.17) is 0 Å². The van der Waals surface area contributed by atoms with Gasteiger partial charge in [0.2, 0.25) is 0 Å². The molecule has 0 rings (SSSR count). The summed E-state index contributed by atoms with van der Waals surface area (Å²) in [5, 5.41) is 0. The molecule has 0 aliphatic heterocycles. The molecule has 0 aromatic carbocycles. The summed E-state index contributed by atoms with van der Waals surface area (Å²) in [4.78, 5) is 0. The molecule has 0 aliphatic carbocycles. The summed E-state index contributed by atoms with van der Waals surface area (Å²) in [6, 6.07) is 0. The Kier molecular flexibility index (Phi) is 10.1. The molecule has 0 unspecified atom stereocenters. The first-order valence-corrected chi connectivity index (χ1v) is 11.0. The van der Waals surface area contributed by atoms with Crippen molar-refractivity contribution < 1.29 is 105 Å². The minimum atomic E-state index is -9.06. The van der Waals surface area contributed by atoms with E-state index in [1.807, 2.05) is 0 Å². The SMILES string of the molecule is CO[Si](OC)(OC)C(F)(F)C(F)(F)C(F)(F)C(F)(F)C(F)(F)C(F)(F)C(F)(F)C(F)(F)C(F)(F)CCC(F)(F)F. The van der Waals surface area contributed by atoms with Gasteiger partial charge in [-0.2, -0.15) is 92.2 Å². The topological polar surface area (TPSA) is 27.7 Å². The van der Waals surface area contributed by atoms with Gasteiger partial charge in [0, 0.05) is 34.2 Å². The van der Waals surface area contributed by atoms with E-state index >= 15 is 0 Å². The molecule has 0 amide bonds. The van der Waals surface area contributed by atoms with Crippen molar-refractivity contribution in [3.8, 4) is 0 Å². The van der Waals surface area contributed by atoms with Crippen LogP contribution in [0.2, 0.25) is 0 Å². The molecular weight excluding hydrogens is 655 g/mol. The van der Waals surface area contributed by atoms with E-state index in [-0.39, 0.29) is 21.3 Å². The molecular formula is C15H13F21O3Si. The van der Waals surface area contributed by atoms with Gasteiger partial charge in [-0.3, -0.25) is 0 Å². The highest BCUT2D eigenvalue weighted by molar-refractivity contribution is 6.63. The van der Waals surface area contributed by atoms with Crippen LogP contribution in [0.4, 0.5) is 92.2 Å². The third kappa shape index (κ3) is 5.08. The van der Waals surface area contributed by atoms with Crippen LogP contribution in [-0.2, 0) is 13.3 Å². The zero-order valence-corrected chi connectivity index (χ0v) is 20.1. The van der Waals surface area contributed by atoms with Crippen molar-refractivity contribution in [2.45, 2.75) is 71.9 Å². The zero-order chi connectivity index (χ0) is 33.0. The minimum absolute atomic E-state index is 0.0934. The summed E-state index contributed by atoms with van der Waals surface area (Å²) >= 11 is 0. The van der Waals surface area contributed by atoms with Crippen LogP contribution in [-0.4, -0.2) is 89.2 Å². The molecule has 0 heterocycles. The normalized spacial score (nSPS) is 16.5. The predicted molar refractivity (Wildman–Crippen MR) is 86.6 cm³/mol. The van der Waals surface area contributed by atoms with Crippen LogP contribution >= 0.6 is 0 Å². The molecule has 0 atom stereocenters. The average Bonchev–Trinajstić information content (AvgIpc) is 2.77. The summed E-state index contributed by atoms with van der Waals surface area (Å²) in [5.74, 6) is -68.0. The first-order chi connectivity index (χ1) is 17.1. The summed E-state index contributed by atoms with van der Waals surface area (Å²) < 4.78 is 296. The van der Waals surface area contributed by atoms with Gasteiger partial charge in [-0.15, -0.1) is 0 Å². The van der Waals surface area contributed by atoms with E-state index < -0.39 is 80.7 Å². The quantitative estimate of drug-likeness (QED) is 0.142. The molecule has 0 saturated heterocycles. The van der Waals surface area contributed by atoms with Gasteiger partial charge in [0.1, 0.15) is 0 Å². The lowest BCUT2D eigenvalue weighted by Gasteiger charge is -2.45. The van der Waals surface area contributed by atoms with Gasteiger partial charge in [-0.25, -0.2) is 0 Å². The van der Waals surface area contributed by atoms with E-state index in [9.17, 15) is 92.2 Å². The van der Waals surface area contributed by atoms with Crippen LogP contribution in [0.1, 0.15) is 12.8 Å². The molecule has 0 aliphatic rings. The fourth-order valence-corrected chi connectivity index (χ4v) is 4.51. The van der Waals surface area contributed by atoms with Crippen LogP contribution in [0.15, 0.2) is 0 Å². The van der Waals surface area contributed by atoms with Gasteiger partial charge < -0.3 is 13.3 Å². The number of hydrogen-bond acceptors (Lipinski definition) is 3. The van der Waals surface area contributed by atoms with Crippen molar-refractivity contribution in [1.82, 2.24) is 0 Å². The molecule has 242 valence electrons. The Balaban J connectivity index is 7.10. The molecule has 0 aromatic rings. The highest BCUT2D eigenvalue weighted by Crippen LogP contribution is 2.66. The standard InChI is InChI=1S/C15H13F21O3Si/c1-37-40(38-2,39-3)15(35,36)14(33,34)13(31,32)12(29,30)11(27,28)10(25,26)9(23,24)8(21,22)6(16,17)4-5-7(18,19)20/h4-5H2,1-3H3. The fraction of sp³-hybridized carbons (Fsp3) is 1.00. The first kappa shape index (κ1) is 38.6. The number of rotatable bonds is 14. The van der Waals surface area contributed by atoms with Crippen molar-refractivity contribution in [1.29, 1.82) is 0 Å². The Labute approximate surface area is 208 Å². The first-order valence-electron chi connectivity index (χ1n) is 9.26. The molecule has 40 heavy (non-hydrogen) atoms. The Morgan fingerprint density at radius 2 is 0.625 bits per heavy atom. The summed E-state index contributed by atoms with van der Waals surface area (Å²) in [7, 11) is -7.06. The fourth-order valence-electron chi connectivity index (χ4n) is 2.70. The lowest BCUT2D eigenvalue weighted by Crippen LogP contribution is -2.79. The Morgan fingerprint density at radius 3 is 0.875 bits per heavy atom. The molecule has 0 saturated carbocycles. The smallest absolute Gasteiger partial charge is 0.373 e. The summed E-state index contributed by atoms with van der Waals surface area (Å²) in [5.41, 5.74) is -7.05. The van der Waals surface area contributed by atoms with Crippen molar-refractivity contribution in [3.63, 3.8) is 0 Å². The maximum absolute atomic E-state index is 14.2. The van der Waals surface area contributed by atoms with Gasteiger partial charge in [0.05, 0.1) is 0 Å². The van der Waals surface area contributed by atoms with Gasteiger partial charge in [0.25, 0.3) is 0 Å². The van der Waals surface area contributed by atoms with E-state index in [0.29, 0.717) is 0 Å². The number of hydrogen-bond donors (Lipinski definition) is 0. The van der Waals surface area contributed by atoms with Crippen molar-refractivity contribution in [3.05, 3.63) is 0 Å². The van der Waals surface area contributed by atoms with Crippen LogP contribution in [0.5, 0.6) is 0 Å². The molecule has 3 nitrogen and oxygen atoms in total. The zero-order valence-electron chi connectivity index (χ0n) is 19.1. The monoisotopic (exact) mass is 668 g/mol. The number of alkyl halides is 21. The molecule has 0 N–H and O–H groups in total. The van der Waals surface area contributed by atoms with E-state index in [1.165, 1.54) is 0 Å². The number of halogens is 21. The average molecular weight is 668 g/mol. The molecule has 25 heteroatoms. The van der Waals surface area contributed by atoms with Crippen molar-refractivity contribution >= 4 is 8.80 Å². The Bertz CT molecular complexity index is 871. The van der Waals surface area contributed by atoms with E-state index in [1.54, 1.807) is 0 Å². The predicted octanol–water partition coefficient (Wildman–Crippen LogP) is 7.46. The lowest BCUT2D eigenvalue weighted by atomic mass is 9.86. The van der Waals surface area contributed by atoms with Crippen molar-refractivity contribution in [2.24, 2.45) is 0 Å². The lowest BCUT2D eigenvalue weighted by molar-refractivity contribution is -0.460. The van der Waals surface area contributed by atoms with Gasteiger partial charge in [-0.05, 0) is 0 Å². The summed E-state index contributed by atoms with van der Waals surface area (Å²) in [6.07, 6.45) is -12.7. The largest absolute Gasteiger partial charge is 0.581 e. The second-order valence-electron chi connectivity index (χ2n) is 7.58. The third-order valence-electron chi connectivity index (χ3n) is 5.13. The minimum Gasteiger partial charge on any atom is -0.373 e. The summed E-state index contributed by atoms with van der Waals surface area (Å²) in [6.45, 7) is 0. The molecule has 0 bridgehead atoms. The molecule has 0 fully saturated rings. The highest BCUT2D eigenvalue weighted by atomic mass is 28.4. The maximum Gasteiger partial charge on any atom is 0.581 e. The van der Waals surface area contributed by atoms with Crippen LogP contribution in [0, 0.1) is 0 Å². The third-order valence-corrected chi connectivity index (χ3v) is 7.83. The van der Waals surface area contributed by atoms with Gasteiger partial charge >= 0.3 is 67.9 Å². The van der Waals surface area contributed by atoms with Gasteiger partial charge in [0.15, 0.2) is 0 Å². The Morgan fingerprint density at radius 1 is 0.375 bits per heavy atom. The molecule has 0 radical (unpaired) electrons. The van der Waals surface area contributed by atoms with Crippen molar-refractivity contribution in [2.75, 3.05) is 21.3 Å². The van der Waals surface area contributed by atoms with Crippen LogP contribution in [0.3, 0.4) is 0 Å². The maximum atomic E-state index is 14.2. The van der Waals surface area contributed by atoms with E-state index in [0.717, 1.165) is 0 Å². The second kappa shape index (κ2) is 10.4. The van der Waals surface area contributed by atoms with Crippen LogP contribution in [0.25, 0.3) is 0 Å². The van der Waals surface area contributed by atoms with E-state index in [2.05, 4.69) is 13.3 Å². The second-order valence-corrected chi connectivity index (χ2v) is 10.5. The highest BCUT2D eigenvalue weighted by Gasteiger charge is 2.98. The van der Waals surface area contributed by atoms with Crippen LogP contribution < -0.4 is 0 Å².